The van der Waals surface area contributed by atoms with E-state index in [1.165, 1.54) is 0 Å². The van der Waals surface area contributed by atoms with Crippen LogP contribution in [0.5, 0.6) is 0 Å². The predicted octanol–water partition coefficient (Wildman–Crippen LogP) is 2.35. The van der Waals surface area contributed by atoms with Crippen molar-refractivity contribution in [2.75, 3.05) is 11.6 Å². The third-order valence-electron chi connectivity index (χ3n) is 2.92. The summed E-state index contributed by atoms with van der Waals surface area (Å²) in [7, 11) is 0. The van der Waals surface area contributed by atoms with E-state index < -0.39 is 0 Å². The van der Waals surface area contributed by atoms with Gasteiger partial charge in [0.15, 0.2) is 0 Å². The Kier molecular flexibility index (Phi) is 3.04. The first-order chi connectivity index (χ1) is 7.50. The molecule has 1 atom stereocenters. The van der Waals surface area contributed by atoms with Gasteiger partial charge in [0.05, 0.1) is 12.7 Å². The number of carbonyl (C=O) groups is 1. The van der Waals surface area contributed by atoms with Crippen LogP contribution in [0, 0.1) is 13.8 Å². The van der Waals surface area contributed by atoms with Crippen LogP contribution >= 0.6 is 15.9 Å². The maximum atomic E-state index is 11.9. The van der Waals surface area contributed by atoms with Gasteiger partial charge in [-0.3, -0.25) is 15.0 Å². The molecule has 4 heteroatoms. The van der Waals surface area contributed by atoms with Gasteiger partial charge in [-0.25, -0.2) is 0 Å². The summed E-state index contributed by atoms with van der Waals surface area (Å²) in [5.41, 5.74) is 3.28. The minimum atomic E-state index is -0.0794. The minimum Gasteiger partial charge on any atom is -0.298 e. The number of hydrogen-bond donors (Lipinski definition) is 1. The Bertz CT molecular complexity index is 422. The van der Waals surface area contributed by atoms with Crippen LogP contribution in [0.15, 0.2) is 16.6 Å². The molecular formula is C12H15BrN2O. The number of carbonyl (C=O) groups excluding carboxylic acids is 1. The topological polar surface area (TPSA) is 32.3 Å². The molecule has 3 nitrogen and oxygen atoms in total. The molecule has 1 aliphatic rings. The summed E-state index contributed by atoms with van der Waals surface area (Å²) in [5.74, 6) is 0.140. The summed E-state index contributed by atoms with van der Waals surface area (Å²) in [6, 6.07) is 3.99. The summed E-state index contributed by atoms with van der Waals surface area (Å²) < 4.78 is 1.11. The van der Waals surface area contributed by atoms with Crippen LogP contribution in [0.4, 0.5) is 5.69 Å². The van der Waals surface area contributed by atoms with Crippen molar-refractivity contribution < 1.29 is 4.79 Å². The van der Waals surface area contributed by atoms with E-state index in [4.69, 9.17) is 0 Å². The fourth-order valence-electron chi connectivity index (χ4n) is 1.92. The molecule has 1 unspecified atom stereocenters. The number of nitrogens with zero attached hydrogens (tertiary/aromatic N) is 1. The molecule has 0 aromatic heterocycles. The van der Waals surface area contributed by atoms with Crippen molar-refractivity contribution in [3.8, 4) is 0 Å². The number of rotatable bonds is 1. The molecule has 1 heterocycles. The molecule has 1 fully saturated rings. The Balaban J connectivity index is 2.39. The fraction of sp³-hybridized carbons (Fsp3) is 0.417. The maximum absolute atomic E-state index is 11.9. The number of anilines is 1. The van der Waals surface area contributed by atoms with Gasteiger partial charge in [0.1, 0.15) is 0 Å². The molecule has 0 spiro atoms. The van der Waals surface area contributed by atoms with E-state index in [2.05, 4.69) is 21.2 Å². The van der Waals surface area contributed by atoms with Crippen LogP contribution in [0.2, 0.25) is 0 Å². The zero-order valence-corrected chi connectivity index (χ0v) is 11.3. The monoisotopic (exact) mass is 282 g/mol. The second-order valence-electron chi connectivity index (χ2n) is 4.24. The number of hydrogen-bond acceptors (Lipinski definition) is 2. The molecule has 1 amide bonds. The molecule has 1 N–H and O–H groups in total. The summed E-state index contributed by atoms with van der Waals surface area (Å²) >= 11 is 3.53. The fourth-order valence-corrected chi connectivity index (χ4v) is 2.15. The SMILES string of the molecule is Cc1cc(N2CNC(C)C2=O)cc(C)c1Br. The van der Waals surface area contributed by atoms with Crippen molar-refractivity contribution in [2.45, 2.75) is 26.8 Å². The summed E-state index contributed by atoms with van der Waals surface area (Å²) in [6.07, 6.45) is 0. The maximum Gasteiger partial charge on any atom is 0.244 e. The molecule has 1 saturated heterocycles. The Hall–Kier alpha value is -0.870. The highest BCUT2D eigenvalue weighted by Gasteiger charge is 2.28. The predicted molar refractivity (Wildman–Crippen MR) is 68.6 cm³/mol. The molecule has 86 valence electrons. The van der Waals surface area contributed by atoms with Crippen LogP contribution in [0.3, 0.4) is 0 Å². The van der Waals surface area contributed by atoms with E-state index in [9.17, 15) is 4.79 Å². The minimum absolute atomic E-state index is 0.0794. The first-order valence-electron chi connectivity index (χ1n) is 5.32. The third-order valence-corrected chi connectivity index (χ3v) is 4.18. The molecule has 1 aliphatic heterocycles. The Labute approximate surface area is 104 Å². The number of aryl methyl sites for hydroxylation is 2. The normalized spacial score (nSPS) is 20.6. The van der Waals surface area contributed by atoms with Crippen molar-refractivity contribution in [2.24, 2.45) is 0 Å². The number of halogens is 1. The van der Waals surface area contributed by atoms with Crippen molar-refractivity contribution >= 4 is 27.5 Å². The van der Waals surface area contributed by atoms with Crippen LogP contribution in [-0.4, -0.2) is 18.6 Å². The van der Waals surface area contributed by atoms with E-state index in [0.717, 1.165) is 21.3 Å². The van der Waals surface area contributed by atoms with Gasteiger partial charge in [-0.2, -0.15) is 0 Å². The largest absolute Gasteiger partial charge is 0.298 e. The molecule has 0 aliphatic carbocycles. The van der Waals surface area contributed by atoms with Gasteiger partial charge in [-0.15, -0.1) is 0 Å². The summed E-state index contributed by atoms with van der Waals surface area (Å²) in [4.78, 5) is 13.7. The summed E-state index contributed by atoms with van der Waals surface area (Å²) in [5, 5.41) is 3.14. The highest BCUT2D eigenvalue weighted by atomic mass is 79.9. The molecule has 0 bridgehead atoms. The highest BCUT2D eigenvalue weighted by molar-refractivity contribution is 9.10. The van der Waals surface area contributed by atoms with Crippen LogP contribution in [-0.2, 0) is 4.79 Å². The first-order valence-corrected chi connectivity index (χ1v) is 6.11. The van der Waals surface area contributed by atoms with Crippen molar-refractivity contribution in [3.05, 3.63) is 27.7 Å². The van der Waals surface area contributed by atoms with Gasteiger partial charge in [0, 0.05) is 10.2 Å². The van der Waals surface area contributed by atoms with Gasteiger partial charge in [-0.05, 0) is 44.0 Å². The van der Waals surface area contributed by atoms with Crippen molar-refractivity contribution in [3.63, 3.8) is 0 Å². The quantitative estimate of drug-likeness (QED) is 0.858. The average molecular weight is 283 g/mol. The summed E-state index contributed by atoms with van der Waals surface area (Å²) in [6.45, 7) is 6.57. The van der Waals surface area contributed by atoms with Gasteiger partial charge in [0.25, 0.3) is 0 Å². The Morgan fingerprint density at radius 1 is 1.38 bits per heavy atom. The van der Waals surface area contributed by atoms with Gasteiger partial charge in [0.2, 0.25) is 5.91 Å². The molecule has 1 aromatic rings. The number of nitrogens with one attached hydrogen (secondary N) is 1. The Morgan fingerprint density at radius 2 is 1.94 bits per heavy atom. The lowest BCUT2D eigenvalue weighted by atomic mass is 10.1. The Morgan fingerprint density at radius 3 is 2.38 bits per heavy atom. The lowest BCUT2D eigenvalue weighted by Gasteiger charge is -2.17. The number of amides is 1. The van der Waals surface area contributed by atoms with Gasteiger partial charge >= 0.3 is 0 Å². The van der Waals surface area contributed by atoms with E-state index >= 15 is 0 Å². The molecule has 2 rings (SSSR count). The molecule has 16 heavy (non-hydrogen) atoms. The lowest BCUT2D eigenvalue weighted by molar-refractivity contribution is -0.118. The third kappa shape index (κ3) is 1.87. The number of benzene rings is 1. The smallest absolute Gasteiger partial charge is 0.244 e. The van der Waals surface area contributed by atoms with Gasteiger partial charge < -0.3 is 0 Å². The molecular weight excluding hydrogens is 268 g/mol. The van der Waals surface area contributed by atoms with E-state index in [1.807, 2.05) is 32.9 Å². The average Bonchev–Trinajstić information content (AvgIpc) is 2.56. The lowest BCUT2D eigenvalue weighted by Crippen LogP contribution is -2.28. The van der Waals surface area contributed by atoms with Crippen molar-refractivity contribution in [1.29, 1.82) is 0 Å². The zero-order valence-electron chi connectivity index (χ0n) is 9.67. The van der Waals surface area contributed by atoms with E-state index in [-0.39, 0.29) is 11.9 Å². The first kappa shape index (κ1) is 11.6. The van der Waals surface area contributed by atoms with Crippen LogP contribution < -0.4 is 10.2 Å². The van der Waals surface area contributed by atoms with E-state index in [1.54, 1.807) is 4.90 Å². The van der Waals surface area contributed by atoms with Crippen LogP contribution in [0.25, 0.3) is 0 Å². The zero-order chi connectivity index (χ0) is 11.9. The second kappa shape index (κ2) is 4.18. The van der Waals surface area contributed by atoms with Crippen molar-refractivity contribution in [1.82, 2.24) is 5.32 Å². The highest BCUT2D eigenvalue weighted by Crippen LogP contribution is 2.28. The van der Waals surface area contributed by atoms with Gasteiger partial charge in [-0.1, -0.05) is 15.9 Å². The molecule has 1 aromatic carbocycles. The molecule has 0 saturated carbocycles. The van der Waals surface area contributed by atoms with Crippen LogP contribution in [0.1, 0.15) is 18.1 Å². The second-order valence-corrected chi connectivity index (χ2v) is 5.04. The molecule has 0 radical (unpaired) electrons. The van der Waals surface area contributed by atoms with E-state index in [0.29, 0.717) is 6.67 Å². The standard InChI is InChI=1S/C12H15BrN2O/c1-7-4-10(5-8(2)11(7)13)15-6-14-9(3)12(15)16/h4-5,9,14H,6H2,1-3H3.